The molecule has 2 heterocycles. The first-order chi connectivity index (χ1) is 16.1. The van der Waals surface area contributed by atoms with Gasteiger partial charge in [0.05, 0.1) is 17.4 Å². The number of H-pyrrole nitrogens is 1. The zero-order chi connectivity index (χ0) is 24.7. The number of nitrogens with one attached hydrogen (secondary N) is 1. The quantitative estimate of drug-likeness (QED) is 0.621. The SMILES string of the molecule is CC(=O)N1N=C(c2c(O)n(-c3cc(C)cc(C)c3)c(=O)[nH]c2=O)CC1c1ccc(N(C)C)cc1. The molecule has 1 atom stereocenters. The Labute approximate surface area is 196 Å². The van der Waals surface area contributed by atoms with Crippen LogP contribution < -0.4 is 16.1 Å². The molecule has 176 valence electrons. The van der Waals surface area contributed by atoms with Crippen LogP contribution in [0.5, 0.6) is 5.88 Å². The first-order valence-corrected chi connectivity index (χ1v) is 10.9. The van der Waals surface area contributed by atoms with E-state index in [0.29, 0.717) is 5.69 Å². The highest BCUT2D eigenvalue weighted by molar-refractivity contribution is 6.04. The fourth-order valence-corrected chi connectivity index (χ4v) is 4.31. The van der Waals surface area contributed by atoms with Gasteiger partial charge in [-0.05, 0) is 54.8 Å². The highest BCUT2D eigenvalue weighted by Gasteiger charge is 2.34. The van der Waals surface area contributed by atoms with Gasteiger partial charge in [-0.15, -0.1) is 0 Å². The molecular formula is C25H27N5O4. The largest absolute Gasteiger partial charge is 0.493 e. The minimum Gasteiger partial charge on any atom is -0.493 e. The second kappa shape index (κ2) is 8.66. The van der Waals surface area contributed by atoms with E-state index in [1.807, 2.05) is 63.2 Å². The van der Waals surface area contributed by atoms with Crippen molar-refractivity contribution in [2.45, 2.75) is 33.2 Å². The number of carbonyl (C=O) groups excluding carboxylic acids is 1. The van der Waals surface area contributed by atoms with Gasteiger partial charge >= 0.3 is 5.69 Å². The molecular weight excluding hydrogens is 434 g/mol. The summed E-state index contributed by atoms with van der Waals surface area (Å²) in [6.45, 7) is 5.15. The number of hydrogen-bond acceptors (Lipinski definition) is 6. The topological polar surface area (TPSA) is 111 Å². The summed E-state index contributed by atoms with van der Waals surface area (Å²) in [4.78, 5) is 42.0. The van der Waals surface area contributed by atoms with E-state index in [2.05, 4.69) is 10.1 Å². The third kappa shape index (κ3) is 4.12. The second-order valence-corrected chi connectivity index (χ2v) is 8.76. The number of amides is 1. The van der Waals surface area contributed by atoms with Gasteiger partial charge in [-0.25, -0.2) is 14.4 Å². The van der Waals surface area contributed by atoms with Gasteiger partial charge in [-0.1, -0.05) is 18.2 Å². The maximum atomic E-state index is 12.8. The van der Waals surface area contributed by atoms with Gasteiger partial charge in [0.1, 0.15) is 5.56 Å². The zero-order valence-electron chi connectivity index (χ0n) is 19.8. The smallest absolute Gasteiger partial charge is 0.335 e. The van der Waals surface area contributed by atoms with Crippen LogP contribution >= 0.6 is 0 Å². The predicted molar refractivity (Wildman–Crippen MR) is 131 cm³/mol. The number of aromatic nitrogens is 2. The molecule has 4 rings (SSSR count). The van der Waals surface area contributed by atoms with Crippen molar-refractivity contribution in [2.24, 2.45) is 5.10 Å². The van der Waals surface area contributed by atoms with Crippen LogP contribution in [-0.4, -0.2) is 45.4 Å². The lowest BCUT2D eigenvalue weighted by atomic mass is 9.98. The molecule has 0 fully saturated rings. The lowest BCUT2D eigenvalue weighted by Gasteiger charge is -2.21. The Balaban J connectivity index is 1.81. The molecule has 3 aromatic rings. The Bertz CT molecular complexity index is 1400. The molecule has 0 aliphatic carbocycles. The van der Waals surface area contributed by atoms with Crippen molar-refractivity contribution in [3.05, 3.63) is 85.6 Å². The van der Waals surface area contributed by atoms with Crippen molar-refractivity contribution in [1.82, 2.24) is 14.6 Å². The number of benzene rings is 2. The van der Waals surface area contributed by atoms with Crippen molar-refractivity contribution in [3.8, 4) is 11.6 Å². The summed E-state index contributed by atoms with van der Waals surface area (Å²) in [5, 5.41) is 16.8. The van der Waals surface area contributed by atoms with Crippen molar-refractivity contribution in [3.63, 3.8) is 0 Å². The number of hydrogen-bond donors (Lipinski definition) is 2. The first kappa shape index (κ1) is 23.0. The van der Waals surface area contributed by atoms with Crippen molar-refractivity contribution in [2.75, 3.05) is 19.0 Å². The Morgan fingerprint density at radius 2 is 1.71 bits per heavy atom. The van der Waals surface area contributed by atoms with E-state index in [4.69, 9.17) is 0 Å². The van der Waals surface area contributed by atoms with E-state index in [9.17, 15) is 19.5 Å². The summed E-state index contributed by atoms with van der Waals surface area (Å²) in [5.41, 5.74) is 2.67. The summed E-state index contributed by atoms with van der Waals surface area (Å²) in [7, 11) is 3.88. The summed E-state index contributed by atoms with van der Waals surface area (Å²) in [6.07, 6.45) is 0.211. The third-order valence-corrected chi connectivity index (χ3v) is 5.87. The molecule has 9 heteroatoms. The Kier molecular flexibility index (Phi) is 5.87. The fraction of sp³-hybridized carbons (Fsp3) is 0.280. The summed E-state index contributed by atoms with van der Waals surface area (Å²) in [6, 6.07) is 12.7. The molecule has 0 saturated heterocycles. The standard InChI is InChI=1S/C25H27N5O4/c1-14-10-15(2)12-19(11-14)29-24(33)22(23(32)26-25(29)34)20-13-21(30(27-20)16(3)31)17-6-8-18(9-7-17)28(4)5/h6-12,21,33H,13H2,1-5H3,(H,26,32,34). The number of aromatic hydroxyl groups is 1. The maximum absolute atomic E-state index is 12.8. The van der Waals surface area contributed by atoms with Crippen LogP contribution in [0.25, 0.3) is 5.69 Å². The molecule has 2 aromatic carbocycles. The molecule has 0 radical (unpaired) electrons. The second-order valence-electron chi connectivity index (χ2n) is 8.76. The summed E-state index contributed by atoms with van der Waals surface area (Å²) >= 11 is 0. The van der Waals surface area contributed by atoms with Crippen molar-refractivity contribution in [1.29, 1.82) is 0 Å². The van der Waals surface area contributed by atoms with Crippen LogP contribution in [0.15, 0.2) is 57.2 Å². The average Bonchev–Trinajstić information content (AvgIpc) is 3.18. The molecule has 9 nitrogen and oxygen atoms in total. The van der Waals surface area contributed by atoms with Gasteiger partial charge in [0.2, 0.25) is 11.8 Å². The van der Waals surface area contributed by atoms with Gasteiger partial charge in [0, 0.05) is 33.1 Å². The molecule has 2 N–H and O–H groups in total. The van der Waals surface area contributed by atoms with Gasteiger partial charge in [0.25, 0.3) is 5.56 Å². The number of aryl methyl sites for hydroxylation is 2. The highest BCUT2D eigenvalue weighted by Crippen LogP contribution is 2.34. The van der Waals surface area contributed by atoms with E-state index < -0.39 is 23.2 Å². The highest BCUT2D eigenvalue weighted by atomic mass is 16.3. The molecule has 34 heavy (non-hydrogen) atoms. The van der Waals surface area contributed by atoms with E-state index >= 15 is 0 Å². The molecule has 0 bridgehead atoms. The average molecular weight is 462 g/mol. The minimum absolute atomic E-state index is 0.127. The summed E-state index contributed by atoms with van der Waals surface area (Å²) in [5.74, 6) is -0.806. The van der Waals surface area contributed by atoms with Crippen LogP contribution in [0, 0.1) is 13.8 Å². The molecule has 1 aliphatic rings. The summed E-state index contributed by atoms with van der Waals surface area (Å²) < 4.78 is 1.05. The lowest BCUT2D eigenvalue weighted by Crippen LogP contribution is -2.33. The van der Waals surface area contributed by atoms with Crippen LogP contribution in [0.2, 0.25) is 0 Å². The number of hydrazone groups is 1. The van der Waals surface area contributed by atoms with E-state index in [1.165, 1.54) is 11.9 Å². The maximum Gasteiger partial charge on any atom is 0.335 e. The lowest BCUT2D eigenvalue weighted by molar-refractivity contribution is -0.130. The molecule has 1 aliphatic heterocycles. The fourth-order valence-electron chi connectivity index (χ4n) is 4.31. The van der Waals surface area contributed by atoms with Crippen LogP contribution in [0.1, 0.15) is 41.6 Å². The van der Waals surface area contributed by atoms with Crippen LogP contribution in [0.3, 0.4) is 0 Å². The van der Waals surface area contributed by atoms with Crippen LogP contribution in [0.4, 0.5) is 5.69 Å². The van der Waals surface area contributed by atoms with Gasteiger partial charge < -0.3 is 10.0 Å². The molecule has 0 saturated carbocycles. The number of anilines is 1. The molecule has 1 unspecified atom stereocenters. The van der Waals surface area contributed by atoms with E-state index in [0.717, 1.165) is 26.9 Å². The Hall–Kier alpha value is -4.14. The third-order valence-electron chi connectivity index (χ3n) is 5.87. The van der Waals surface area contributed by atoms with Crippen molar-refractivity contribution >= 4 is 17.3 Å². The van der Waals surface area contributed by atoms with Crippen molar-refractivity contribution < 1.29 is 9.90 Å². The predicted octanol–water partition coefficient (Wildman–Crippen LogP) is 2.61. The number of carbonyl (C=O) groups is 1. The molecule has 0 spiro atoms. The van der Waals surface area contributed by atoms with E-state index in [1.54, 1.807) is 12.1 Å². The zero-order valence-corrected chi connectivity index (χ0v) is 19.8. The normalized spacial score (nSPS) is 15.4. The van der Waals surface area contributed by atoms with E-state index in [-0.39, 0.29) is 23.6 Å². The van der Waals surface area contributed by atoms with Crippen LogP contribution in [-0.2, 0) is 4.79 Å². The Morgan fingerprint density at radius 1 is 1.09 bits per heavy atom. The first-order valence-electron chi connectivity index (χ1n) is 10.9. The number of nitrogens with zero attached hydrogens (tertiary/aromatic N) is 4. The number of aromatic amines is 1. The van der Waals surface area contributed by atoms with Gasteiger partial charge in [0.15, 0.2) is 0 Å². The minimum atomic E-state index is -0.756. The van der Waals surface area contributed by atoms with Gasteiger partial charge in [-0.3, -0.25) is 14.6 Å². The monoisotopic (exact) mass is 461 g/mol. The molecule has 1 amide bonds. The van der Waals surface area contributed by atoms with Gasteiger partial charge in [-0.2, -0.15) is 5.10 Å². The Morgan fingerprint density at radius 3 is 2.26 bits per heavy atom. The number of rotatable bonds is 4. The molecule has 1 aromatic heterocycles.